The van der Waals surface area contributed by atoms with Gasteiger partial charge in [-0.1, -0.05) is 204 Å². The van der Waals surface area contributed by atoms with E-state index in [0.717, 1.165) is 92.8 Å². The molecule has 7 heterocycles. The molecule has 0 saturated carbocycles. The molecule has 20 rings (SSSR count). The molecule has 95 heavy (non-hydrogen) atoms. The zero-order chi connectivity index (χ0) is 77.6. The van der Waals surface area contributed by atoms with E-state index in [2.05, 4.69) is 193 Å². The van der Waals surface area contributed by atoms with Gasteiger partial charge in [-0.15, -0.1) is 0 Å². The van der Waals surface area contributed by atoms with Crippen molar-refractivity contribution in [1.82, 2.24) is 34.9 Å². The molecule has 0 saturated heterocycles. The molecule has 0 bridgehead atoms. The number of nitrogens with zero attached hydrogens (tertiary/aromatic N) is 7. The van der Waals surface area contributed by atoms with Crippen LogP contribution in [0, 0.1) is 34.5 Å². The van der Waals surface area contributed by atoms with E-state index in [9.17, 15) is 0 Å². The Morgan fingerprint density at radius 3 is 0.800 bits per heavy atom. The summed E-state index contributed by atoms with van der Waals surface area (Å²) in [5.74, 6) is 0. The summed E-state index contributed by atoms with van der Waals surface area (Å²) in [7, 11) is 0. The fourth-order valence-electron chi connectivity index (χ4n) is 13.9. The Bertz CT molecular complexity index is 5510. The minimum Gasteiger partial charge on any atom is -0.264 e. The average Bonchev–Trinajstić information content (AvgIpc) is 0.778. The summed E-state index contributed by atoms with van der Waals surface area (Å²) in [5, 5.41) is 32.1. The van der Waals surface area contributed by atoms with Crippen molar-refractivity contribution in [2.24, 2.45) is 0 Å². The summed E-state index contributed by atoms with van der Waals surface area (Å²) in [5.41, 5.74) is 8.20. The first-order valence-electron chi connectivity index (χ1n) is 40.0. The van der Waals surface area contributed by atoms with Gasteiger partial charge in [0.1, 0.15) is 0 Å². The zero-order valence-electron chi connectivity index (χ0n) is 66.9. The highest BCUT2D eigenvalue weighted by atomic mass is 14.7. The van der Waals surface area contributed by atoms with Crippen LogP contribution in [0.1, 0.15) is 49.5 Å². The number of pyridine rings is 7. The van der Waals surface area contributed by atoms with Gasteiger partial charge in [-0.25, -0.2) is 0 Å². The van der Waals surface area contributed by atoms with Crippen molar-refractivity contribution in [3.63, 3.8) is 0 Å². The zero-order valence-corrected chi connectivity index (χ0v) is 51.9. The summed E-state index contributed by atoms with van der Waals surface area (Å²) in [4.78, 5) is 30.7. The van der Waals surface area contributed by atoms with Gasteiger partial charge in [0.05, 0.1) is 16.6 Å². The quantitative estimate of drug-likeness (QED) is 0.140. The maximum atomic E-state index is 7.57. The molecule has 7 heteroatoms. The molecule has 0 atom stereocenters. The lowest BCUT2D eigenvalue weighted by Crippen LogP contribution is -1.87. The largest absolute Gasteiger partial charge is 0.264 e. The SMILES string of the molecule is [2H]Cc1ccc2c(c1)c1cccnc1c1cnccc21.[2H]Cc1ccc2c3ccccc3c3cccnc3c2c1.[2H]Cc1ccc2c3ccccc3c3ccncc3c2c1.[2H]Cc1ccc2c3ccccc3c3ncccc3c2c1.[2H]Cc1ccc2c3ccncc3c3cnccc3c2c1.[2H][2H].[2H][2H].[2H][2H].[2H][2H].[2H][2H]. The summed E-state index contributed by atoms with van der Waals surface area (Å²) >= 11 is 0. The van der Waals surface area contributed by atoms with E-state index in [-0.39, 0.29) is 0 Å². The molecular weight excluding hydrogens is 1160 g/mol. The van der Waals surface area contributed by atoms with Crippen LogP contribution in [0.3, 0.4) is 0 Å². The van der Waals surface area contributed by atoms with Gasteiger partial charge in [0.15, 0.2) is 0 Å². The van der Waals surface area contributed by atoms with Crippen molar-refractivity contribution in [3.05, 3.63) is 320 Å². The van der Waals surface area contributed by atoms with E-state index >= 15 is 0 Å². The van der Waals surface area contributed by atoms with Crippen LogP contribution in [0.4, 0.5) is 0 Å². The van der Waals surface area contributed by atoms with Crippen LogP contribution in [-0.2, 0) is 0 Å². The van der Waals surface area contributed by atoms with Crippen molar-refractivity contribution >= 4 is 162 Å². The molecule has 0 amide bonds. The maximum absolute atomic E-state index is 7.57. The van der Waals surface area contributed by atoms with Gasteiger partial charge < -0.3 is 0 Å². The van der Waals surface area contributed by atoms with Crippen molar-refractivity contribution in [2.75, 3.05) is 0 Å². The summed E-state index contributed by atoms with van der Waals surface area (Å²) in [6, 6.07) is 77.1. The second-order valence-electron chi connectivity index (χ2n) is 23.9. The van der Waals surface area contributed by atoms with E-state index in [4.69, 9.17) is 21.7 Å². The van der Waals surface area contributed by atoms with Crippen LogP contribution in [0.2, 0.25) is 0 Å². The third-order valence-corrected chi connectivity index (χ3v) is 18.2. The number of aryl methyl sites for hydroxylation is 5. The van der Waals surface area contributed by atoms with Gasteiger partial charge in [-0.3, -0.25) is 34.9 Å². The van der Waals surface area contributed by atoms with Crippen molar-refractivity contribution in [3.8, 4) is 0 Å². The van der Waals surface area contributed by atoms with Gasteiger partial charge in [-0.2, -0.15) is 0 Å². The highest BCUT2D eigenvalue weighted by Crippen LogP contribution is 2.40. The van der Waals surface area contributed by atoms with Crippen LogP contribution in [0.25, 0.3) is 162 Å². The summed E-state index contributed by atoms with van der Waals surface area (Å²) in [6.07, 6.45) is 20.4. The van der Waals surface area contributed by atoms with Crippen molar-refractivity contribution < 1.29 is 21.7 Å². The third-order valence-electron chi connectivity index (χ3n) is 18.2. The topological polar surface area (TPSA) is 90.2 Å². The first-order chi connectivity index (χ1) is 54.4. The Hall–Kier alpha value is -12.2. The molecule has 0 aliphatic heterocycles. The molecule has 20 aromatic rings. The second kappa shape index (κ2) is 24.5. The van der Waals surface area contributed by atoms with E-state index in [1.54, 1.807) is 0 Å². The first-order valence-corrected chi connectivity index (χ1v) is 31.5. The minimum absolute atomic E-state index is 0.298. The number of aromatic nitrogens is 7. The normalized spacial score (nSPS) is 12.5. The van der Waals surface area contributed by atoms with E-state index in [1.165, 1.54) is 97.0 Å². The number of hydrogen-bond acceptors (Lipinski definition) is 7. The van der Waals surface area contributed by atoms with E-state index < -0.39 is 0 Å². The standard InChI is InChI=1S/3C18H13N.2C17H12N2.5H2/c1-12-8-9-14-13-5-2-3-6-15(13)18-16(17(14)11-12)7-4-10-19-18;1-12-8-9-15-13-5-2-3-6-14(13)16-7-4-10-19-18(16)17(15)11-12;1-12-6-7-15-13-4-2-3-5-14(13)16-8-9-19-11-18(16)17(15)10-12;1-11-2-3-12-13-4-6-18-9-16(13)17-10-19-7-5-14(17)15(12)8-11;1-11-4-5-12-13-6-8-18-10-16(13)17-14(15(12)9-11)3-2-7-19-17;;;;;/h3*2-11H,1H3;2*2-10H,1H3;5*1H/i5*1D;5*1+1D. The predicted molar refractivity (Wildman–Crippen MR) is 414 cm³/mol. The molecule has 0 aliphatic carbocycles. The van der Waals surface area contributed by atoms with Crippen molar-refractivity contribution in [1.29, 1.82) is 0 Å². The Morgan fingerprint density at radius 1 is 0.200 bits per heavy atom. The lowest BCUT2D eigenvalue weighted by Gasteiger charge is -2.10. The fourth-order valence-corrected chi connectivity index (χ4v) is 13.9. The van der Waals surface area contributed by atoms with Crippen LogP contribution < -0.4 is 0 Å². The number of hydrogen-bond donors (Lipinski definition) is 0. The number of benzene rings is 13. The number of rotatable bonds is 0. The Morgan fingerprint density at radius 2 is 0.421 bits per heavy atom. The van der Waals surface area contributed by atoms with Crippen LogP contribution >= 0.6 is 0 Å². The smallest absolute Gasteiger partial charge is 0.0802 e. The highest BCUT2D eigenvalue weighted by molar-refractivity contribution is 6.29. The molecule has 0 N–H and O–H groups in total. The molecule has 0 fully saturated rings. The van der Waals surface area contributed by atoms with Gasteiger partial charge in [0.2, 0.25) is 0 Å². The minimum atomic E-state index is 0.298. The molecule has 0 aliphatic rings. The maximum Gasteiger partial charge on any atom is 0.0802 e. The van der Waals surface area contributed by atoms with Crippen LogP contribution in [-0.4, -0.2) is 34.9 Å². The second-order valence-corrected chi connectivity index (χ2v) is 23.9. The fraction of sp³-hybridized carbons (Fsp3) is 0.0568. The predicted octanol–water partition coefficient (Wildman–Crippen LogP) is 24.3. The molecule has 460 valence electrons. The Balaban J connectivity index is 0.000000132. The molecule has 0 radical (unpaired) electrons. The number of fused-ring (bicyclic) bond motifs is 30. The molecule has 7 nitrogen and oxygen atoms in total. The molecule has 7 aromatic heterocycles. The van der Waals surface area contributed by atoms with Gasteiger partial charge >= 0.3 is 0 Å². The average molecular weight is 1240 g/mol. The van der Waals surface area contributed by atoms with E-state index in [0.29, 0.717) is 34.5 Å². The molecule has 0 unspecified atom stereocenters. The summed E-state index contributed by atoms with van der Waals surface area (Å²) < 4.78 is 87.9. The lowest BCUT2D eigenvalue weighted by atomic mass is 9.94. The Labute approximate surface area is 571 Å². The monoisotopic (exact) mass is 1240 g/mol. The van der Waals surface area contributed by atoms with Crippen LogP contribution in [0.15, 0.2) is 293 Å². The van der Waals surface area contributed by atoms with Gasteiger partial charge in [-0.05, 0) is 180 Å². The van der Waals surface area contributed by atoms with Crippen LogP contribution in [0.5, 0.6) is 0 Å². The first kappa shape index (κ1) is 47.7. The lowest BCUT2D eigenvalue weighted by molar-refractivity contribution is 1.35. The van der Waals surface area contributed by atoms with E-state index in [1.807, 2.05) is 135 Å². The third kappa shape index (κ3) is 10.5. The van der Waals surface area contributed by atoms with Crippen molar-refractivity contribution in [2.45, 2.75) is 34.5 Å². The highest BCUT2D eigenvalue weighted by Gasteiger charge is 2.14. The molecule has 13 aromatic carbocycles. The molecule has 0 spiro atoms. The summed E-state index contributed by atoms with van der Waals surface area (Å²) in [6.45, 7) is 1.52. The van der Waals surface area contributed by atoms with Gasteiger partial charge in [0, 0.05) is 138 Å². The Kier molecular flexibility index (Phi) is 12.3. The van der Waals surface area contributed by atoms with Gasteiger partial charge in [0.25, 0.3) is 0 Å². The molecular formula is C88H73N7.